The van der Waals surface area contributed by atoms with Gasteiger partial charge in [0.2, 0.25) is 0 Å². The fourth-order valence-electron chi connectivity index (χ4n) is 1.76. The summed E-state index contributed by atoms with van der Waals surface area (Å²) >= 11 is 0. The van der Waals surface area contributed by atoms with Gasteiger partial charge in [-0.15, -0.1) is 0 Å². The minimum absolute atomic E-state index is 0.260. The van der Waals surface area contributed by atoms with E-state index in [-0.39, 0.29) is 6.54 Å². The second kappa shape index (κ2) is 5.70. The number of aromatic amines is 1. The van der Waals surface area contributed by atoms with Crippen LogP contribution in [0.5, 0.6) is 0 Å². The van der Waals surface area contributed by atoms with E-state index in [1.807, 2.05) is 51.2 Å². The van der Waals surface area contributed by atoms with Gasteiger partial charge in [-0.3, -0.25) is 0 Å². The van der Waals surface area contributed by atoms with Gasteiger partial charge in [-0.1, -0.05) is 17.9 Å². The zero-order valence-corrected chi connectivity index (χ0v) is 11.9. The Morgan fingerprint density at radius 2 is 2.15 bits per heavy atom. The van der Waals surface area contributed by atoms with Gasteiger partial charge < -0.3 is 15.0 Å². The lowest BCUT2D eigenvalue weighted by Gasteiger charge is -2.18. The van der Waals surface area contributed by atoms with E-state index in [1.54, 1.807) is 0 Å². The molecule has 0 aliphatic carbocycles. The first-order chi connectivity index (χ1) is 9.46. The topological polar surface area (TPSA) is 54.1 Å². The van der Waals surface area contributed by atoms with E-state index >= 15 is 0 Å². The third kappa shape index (κ3) is 3.79. The number of ether oxygens (including phenoxy) is 1. The first-order valence-corrected chi connectivity index (χ1v) is 6.47. The summed E-state index contributed by atoms with van der Waals surface area (Å²) in [5.41, 5.74) is 1.50. The van der Waals surface area contributed by atoms with Crippen LogP contribution in [0.4, 0.5) is 4.79 Å². The van der Waals surface area contributed by atoms with Crippen LogP contribution in [0, 0.1) is 11.8 Å². The lowest BCUT2D eigenvalue weighted by molar-refractivity contribution is 0.0535. The lowest BCUT2D eigenvalue weighted by atomic mass is 10.1. The van der Waals surface area contributed by atoms with Crippen molar-refractivity contribution in [3.05, 3.63) is 36.0 Å². The largest absolute Gasteiger partial charge is 0.444 e. The Morgan fingerprint density at radius 1 is 1.35 bits per heavy atom. The molecule has 4 nitrogen and oxygen atoms in total. The van der Waals surface area contributed by atoms with Gasteiger partial charge in [-0.25, -0.2) is 4.79 Å². The van der Waals surface area contributed by atoms with E-state index in [1.165, 1.54) is 0 Å². The Kier molecular flexibility index (Phi) is 3.99. The fraction of sp³-hybridized carbons (Fsp3) is 0.312. The summed E-state index contributed by atoms with van der Waals surface area (Å²) in [6, 6.07) is 7.89. The van der Waals surface area contributed by atoms with E-state index < -0.39 is 11.7 Å². The van der Waals surface area contributed by atoms with E-state index in [9.17, 15) is 4.79 Å². The van der Waals surface area contributed by atoms with Crippen LogP contribution in [0.3, 0.4) is 0 Å². The highest BCUT2D eigenvalue weighted by Crippen LogP contribution is 2.15. The Balaban J connectivity index is 1.95. The Labute approximate surface area is 118 Å². The molecule has 2 aromatic rings. The smallest absolute Gasteiger partial charge is 0.408 e. The number of hydrogen-bond acceptors (Lipinski definition) is 2. The Morgan fingerprint density at radius 3 is 2.90 bits per heavy atom. The van der Waals surface area contributed by atoms with Crippen molar-refractivity contribution in [2.75, 3.05) is 6.54 Å². The predicted octanol–water partition coefficient (Wildman–Crippen LogP) is 3.04. The number of rotatable bonds is 1. The van der Waals surface area contributed by atoms with Crippen LogP contribution in [-0.4, -0.2) is 23.2 Å². The molecule has 0 saturated carbocycles. The molecule has 0 spiro atoms. The predicted molar refractivity (Wildman–Crippen MR) is 79.4 cm³/mol. The molecule has 2 rings (SSSR count). The number of alkyl carbamates (subject to hydrolysis) is 1. The molecule has 0 unspecified atom stereocenters. The molecule has 0 aliphatic rings. The summed E-state index contributed by atoms with van der Waals surface area (Å²) in [5, 5.41) is 3.69. The molecule has 4 heteroatoms. The minimum atomic E-state index is -0.492. The molecule has 1 aromatic carbocycles. The first kappa shape index (κ1) is 14.0. The SMILES string of the molecule is CC(C)(C)OC(=O)NCC#Cc1cccc2[nH]ccc12. The summed E-state index contributed by atoms with van der Waals surface area (Å²) in [7, 11) is 0. The van der Waals surface area contributed by atoms with Crippen LogP contribution in [0.15, 0.2) is 30.5 Å². The molecule has 0 aliphatic heterocycles. The van der Waals surface area contributed by atoms with Crippen molar-refractivity contribution in [3.8, 4) is 11.8 Å². The monoisotopic (exact) mass is 270 g/mol. The maximum atomic E-state index is 11.4. The van der Waals surface area contributed by atoms with Gasteiger partial charge in [0.05, 0.1) is 6.54 Å². The van der Waals surface area contributed by atoms with Crippen LogP contribution in [0.1, 0.15) is 26.3 Å². The Bertz CT molecular complexity index is 669. The van der Waals surface area contributed by atoms with Gasteiger partial charge in [0.25, 0.3) is 0 Å². The molecule has 20 heavy (non-hydrogen) atoms. The second-order valence-electron chi connectivity index (χ2n) is 5.40. The van der Waals surface area contributed by atoms with Crippen LogP contribution >= 0.6 is 0 Å². The molecule has 2 N–H and O–H groups in total. The molecule has 0 saturated heterocycles. The molecule has 0 radical (unpaired) electrons. The molecule has 0 atom stereocenters. The minimum Gasteiger partial charge on any atom is -0.444 e. The van der Waals surface area contributed by atoms with Crippen LogP contribution in [0.2, 0.25) is 0 Å². The number of amides is 1. The number of benzene rings is 1. The number of H-pyrrole nitrogens is 1. The van der Waals surface area contributed by atoms with Crippen molar-refractivity contribution in [1.82, 2.24) is 10.3 Å². The average Bonchev–Trinajstić information content (AvgIpc) is 2.81. The van der Waals surface area contributed by atoms with Crippen LogP contribution < -0.4 is 5.32 Å². The first-order valence-electron chi connectivity index (χ1n) is 6.47. The number of fused-ring (bicyclic) bond motifs is 1. The maximum Gasteiger partial charge on any atom is 0.408 e. The van der Waals surface area contributed by atoms with Crippen molar-refractivity contribution < 1.29 is 9.53 Å². The van der Waals surface area contributed by atoms with Crippen molar-refractivity contribution in [1.29, 1.82) is 0 Å². The molecular weight excluding hydrogens is 252 g/mol. The highest BCUT2D eigenvalue weighted by molar-refractivity contribution is 5.85. The normalized spacial score (nSPS) is 10.8. The number of hydrogen-bond donors (Lipinski definition) is 2. The van der Waals surface area contributed by atoms with Crippen LogP contribution in [0.25, 0.3) is 10.9 Å². The summed E-state index contributed by atoms with van der Waals surface area (Å²) in [6.45, 7) is 5.73. The maximum absolute atomic E-state index is 11.4. The van der Waals surface area contributed by atoms with E-state index in [0.717, 1.165) is 16.5 Å². The number of nitrogens with one attached hydrogen (secondary N) is 2. The Hall–Kier alpha value is -2.41. The average molecular weight is 270 g/mol. The van der Waals surface area contributed by atoms with E-state index in [4.69, 9.17) is 4.74 Å². The lowest BCUT2D eigenvalue weighted by Crippen LogP contribution is -2.32. The standard InChI is InChI=1S/C16H18N2O2/c1-16(2,3)20-15(19)18-10-5-7-12-6-4-8-14-13(12)9-11-17-14/h4,6,8-9,11,17H,10H2,1-3H3,(H,18,19). The van der Waals surface area contributed by atoms with Crippen molar-refractivity contribution >= 4 is 17.0 Å². The second-order valence-corrected chi connectivity index (χ2v) is 5.40. The van der Waals surface area contributed by atoms with E-state index in [2.05, 4.69) is 22.1 Å². The van der Waals surface area contributed by atoms with Crippen molar-refractivity contribution in [2.24, 2.45) is 0 Å². The summed E-state index contributed by atoms with van der Waals surface area (Å²) < 4.78 is 5.13. The molecule has 1 amide bonds. The quantitative estimate of drug-likeness (QED) is 0.782. The third-order valence-corrected chi connectivity index (χ3v) is 2.54. The zero-order valence-electron chi connectivity index (χ0n) is 11.9. The fourth-order valence-corrected chi connectivity index (χ4v) is 1.76. The number of aromatic nitrogens is 1. The van der Waals surface area contributed by atoms with Gasteiger partial charge in [-0.2, -0.15) is 0 Å². The van der Waals surface area contributed by atoms with Gasteiger partial charge in [0.15, 0.2) is 0 Å². The van der Waals surface area contributed by atoms with Crippen LogP contribution in [-0.2, 0) is 4.74 Å². The highest BCUT2D eigenvalue weighted by atomic mass is 16.6. The molecule has 104 valence electrons. The van der Waals surface area contributed by atoms with Gasteiger partial charge >= 0.3 is 6.09 Å². The molecular formula is C16H18N2O2. The zero-order chi connectivity index (χ0) is 14.6. The van der Waals surface area contributed by atoms with E-state index in [0.29, 0.717) is 0 Å². The van der Waals surface area contributed by atoms with Gasteiger partial charge in [0, 0.05) is 22.7 Å². The number of carbonyl (C=O) groups is 1. The van der Waals surface area contributed by atoms with Crippen molar-refractivity contribution in [2.45, 2.75) is 26.4 Å². The highest BCUT2D eigenvalue weighted by Gasteiger charge is 2.14. The summed E-state index contributed by atoms with van der Waals surface area (Å²) in [6.07, 6.45) is 1.43. The van der Waals surface area contributed by atoms with Gasteiger partial charge in [0.1, 0.15) is 5.60 Å². The molecule has 1 aromatic heterocycles. The van der Waals surface area contributed by atoms with Crippen molar-refractivity contribution in [3.63, 3.8) is 0 Å². The van der Waals surface area contributed by atoms with Gasteiger partial charge in [-0.05, 0) is 39.0 Å². The summed E-state index contributed by atoms with van der Waals surface area (Å²) in [5.74, 6) is 5.98. The third-order valence-electron chi connectivity index (χ3n) is 2.54. The number of carbonyl (C=O) groups excluding carboxylic acids is 1. The molecule has 1 heterocycles. The molecule has 0 fully saturated rings. The molecule has 0 bridgehead atoms. The summed E-state index contributed by atoms with van der Waals surface area (Å²) in [4.78, 5) is 14.6.